The van der Waals surface area contributed by atoms with Gasteiger partial charge in [0.15, 0.2) is 0 Å². The van der Waals surface area contributed by atoms with Gasteiger partial charge in [0.1, 0.15) is 5.00 Å². The molecule has 220 valence electrons. The number of piperazine rings is 1. The van der Waals surface area contributed by atoms with Crippen molar-refractivity contribution < 1.29 is 19.2 Å². The van der Waals surface area contributed by atoms with Gasteiger partial charge in [-0.2, -0.15) is 0 Å². The van der Waals surface area contributed by atoms with Gasteiger partial charge in [-0.15, -0.1) is 11.3 Å². The summed E-state index contributed by atoms with van der Waals surface area (Å²) in [6.07, 6.45) is 3.43. The lowest BCUT2D eigenvalue weighted by Crippen LogP contribution is -2.55. The Labute approximate surface area is 245 Å². The molecule has 0 aliphatic carbocycles. The molecule has 2 aromatic rings. The molecule has 10 nitrogen and oxygen atoms in total. The van der Waals surface area contributed by atoms with Crippen LogP contribution in [0, 0.1) is 5.92 Å². The number of rotatable bonds is 4. The van der Waals surface area contributed by atoms with Crippen molar-refractivity contribution in [1.29, 1.82) is 0 Å². The Bertz CT molecular complexity index is 1320. The van der Waals surface area contributed by atoms with Crippen molar-refractivity contribution in [2.75, 3.05) is 77.4 Å². The molecule has 4 aliphatic heterocycles. The Morgan fingerprint density at radius 1 is 0.780 bits per heavy atom. The molecular formula is C30H40N6O4S. The number of hydrogen-bond donors (Lipinski definition) is 0. The zero-order valence-electron chi connectivity index (χ0n) is 24.1. The van der Waals surface area contributed by atoms with Gasteiger partial charge in [-0.25, -0.2) is 4.79 Å². The number of urea groups is 1. The van der Waals surface area contributed by atoms with Crippen LogP contribution in [0.3, 0.4) is 0 Å². The predicted octanol–water partition coefficient (Wildman–Crippen LogP) is 2.78. The number of benzene rings is 1. The maximum atomic E-state index is 13.9. The summed E-state index contributed by atoms with van der Waals surface area (Å²) in [5.74, 6) is 0.391. The average Bonchev–Trinajstić information content (AvgIpc) is 3.55. The molecule has 11 heteroatoms. The molecule has 0 saturated carbocycles. The molecule has 5 amide bonds. The third-order valence-electron chi connectivity index (χ3n) is 9.44. The largest absolute Gasteiger partial charge is 0.343 e. The number of likely N-dealkylation sites (tertiary alicyclic amines) is 2. The minimum atomic E-state index is -0.0539. The Morgan fingerprint density at radius 3 is 2.07 bits per heavy atom. The summed E-state index contributed by atoms with van der Waals surface area (Å²) in [7, 11) is 1.80. The van der Waals surface area contributed by atoms with Crippen LogP contribution < -0.4 is 4.90 Å². The molecule has 0 N–H and O–H groups in total. The van der Waals surface area contributed by atoms with E-state index >= 15 is 0 Å². The van der Waals surface area contributed by atoms with Crippen LogP contribution in [0.5, 0.6) is 0 Å². The number of anilines is 1. The molecule has 4 aliphatic rings. The minimum absolute atomic E-state index is 0.00990. The van der Waals surface area contributed by atoms with Gasteiger partial charge in [-0.05, 0) is 31.7 Å². The molecule has 4 fully saturated rings. The van der Waals surface area contributed by atoms with Gasteiger partial charge >= 0.3 is 6.03 Å². The first-order chi connectivity index (χ1) is 19.8. The van der Waals surface area contributed by atoms with Gasteiger partial charge in [-0.1, -0.05) is 18.2 Å². The van der Waals surface area contributed by atoms with Crippen LogP contribution in [-0.4, -0.2) is 127 Å². The number of hydrogen-bond acceptors (Lipinski definition) is 6. The fourth-order valence-electron chi connectivity index (χ4n) is 6.86. The molecular weight excluding hydrogens is 540 g/mol. The highest BCUT2D eigenvalue weighted by Gasteiger charge is 2.37. The summed E-state index contributed by atoms with van der Waals surface area (Å²) in [6.45, 7) is 8.70. The molecule has 0 bridgehead atoms. The molecule has 0 atom stereocenters. The number of carbonyl (C=O) groups is 4. The fraction of sp³-hybridized carbons (Fsp3) is 0.600. The second-order valence-electron chi connectivity index (χ2n) is 11.8. The summed E-state index contributed by atoms with van der Waals surface area (Å²) < 4.78 is 1.03. The Kier molecular flexibility index (Phi) is 7.91. The first-order valence-corrected chi connectivity index (χ1v) is 15.7. The zero-order chi connectivity index (χ0) is 28.7. The van der Waals surface area contributed by atoms with E-state index in [4.69, 9.17) is 0 Å². The van der Waals surface area contributed by atoms with E-state index in [0.717, 1.165) is 66.9 Å². The third kappa shape index (κ3) is 5.41. The van der Waals surface area contributed by atoms with Crippen LogP contribution >= 0.6 is 11.3 Å². The maximum Gasteiger partial charge on any atom is 0.324 e. The smallest absolute Gasteiger partial charge is 0.324 e. The quantitative estimate of drug-likeness (QED) is 0.555. The van der Waals surface area contributed by atoms with E-state index in [1.807, 2.05) is 39.0 Å². The van der Waals surface area contributed by atoms with E-state index in [9.17, 15) is 19.2 Å². The Balaban J connectivity index is 1.05. The first-order valence-electron chi connectivity index (χ1n) is 14.9. The number of likely N-dealkylation sites (N-methyl/N-ethyl adjacent to an activating group) is 1. The van der Waals surface area contributed by atoms with Gasteiger partial charge in [0.2, 0.25) is 11.8 Å². The number of piperidine rings is 2. The normalized spacial score (nSPS) is 21.8. The summed E-state index contributed by atoms with van der Waals surface area (Å²) in [6, 6.07) is 8.31. The van der Waals surface area contributed by atoms with Gasteiger partial charge < -0.3 is 19.6 Å². The average molecular weight is 581 g/mol. The highest BCUT2D eigenvalue weighted by molar-refractivity contribution is 7.23. The lowest BCUT2D eigenvalue weighted by molar-refractivity contribution is -0.141. The number of amides is 5. The van der Waals surface area contributed by atoms with Crippen LogP contribution in [0.4, 0.5) is 9.80 Å². The number of carbonyl (C=O) groups excluding carboxylic acids is 4. The predicted molar refractivity (Wildman–Crippen MR) is 159 cm³/mol. The highest BCUT2D eigenvalue weighted by Crippen LogP contribution is 2.40. The Morgan fingerprint density at radius 2 is 1.44 bits per heavy atom. The zero-order valence-corrected chi connectivity index (χ0v) is 24.9. The highest BCUT2D eigenvalue weighted by atomic mass is 32.1. The van der Waals surface area contributed by atoms with E-state index in [1.165, 1.54) is 11.3 Å². The lowest BCUT2D eigenvalue weighted by atomic mass is 9.93. The van der Waals surface area contributed by atoms with Crippen molar-refractivity contribution in [2.45, 2.75) is 38.6 Å². The summed E-state index contributed by atoms with van der Waals surface area (Å²) in [4.78, 5) is 63.3. The first kappa shape index (κ1) is 28.0. The van der Waals surface area contributed by atoms with Crippen molar-refractivity contribution in [1.82, 2.24) is 24.5 Å². The van der Waals surface area contributed by atoms with Crippen LogP contribution in [-0.2, 0) is 9.59 Å². The monoisotopic (exact) mass is 580 g/mol. The van der Waals surface area contributed by atoms with E-state index < -0.39 is 0 Å². The second-order valence-corrected chi connectivity index (χ2v) is 12.8. The van der Waals surface area contributed by atoms with Gasteiger partial charge in [0.25, 0.3) is 5.91 Å². The summed E-state index contributed by atoms with van der Waals surface area (Å²) >= 11 is 1.53. The molecule has 6 rings (SSSR count). The van der Waals surface area contributed by atoms with E-state index in [-0.39, 0.29) is 29.7 Å². The topological polar surface area (TPSA) is 87.7 Å². The Hall–Kier alpha value is -3.18. The van der Waals surface area contributed by atoms with Crippen molar-refractivity contribution >= 4 is 50.2 Å². The third-order valence-corrected chi connectivity index (χ3v) is 10.6. The van der Waals surface area contributed by atoms with Gasteiger partial charge in [0, 0.05) is 101 Å². The molecule has 0 radical (unpaired) electrons. The van der Waals surface area contributed by atoms with Crippen molar-refractivity contribution in [3.05, 3.63) is 29.8 Å². The molecule has 4 saturated heterocycles. The molecule has 1 aromatic heterocycles. The van der Waals surface area contributed by atoms with Crippen molar-refractivity contribution in [3.63, 3.8) is 0 Å². The molecule has 5 heterocycles. The van der Waals surface area contributed by atoms with E-state index in [2.05, 4.69) is 4.90 Å². The van der Waals surface area contributed by atoms with Crippen LogP contribution in [0.15, 0.2) is 24.3 Å². The van der Waals surface area contributed by atoms with Gasteiger partial charge in [-0.3, -0.25) is 24.2 Å². The van der Waals surface area contributed by atoms with E-state index in [0.29, 0.717) is 50.9 Å². The standard InChI is InChI=1S/C30H40N6O4S/c1-21(37)32-11-7-22(8-12-32)27(38)34-13-9-23(10-14-34)33-16-18-35(19-17-33)28(39)26-24-5-3-4-6-25(24)41-29(26)36-20-15-31(2)30(36)40/h3-6,22-23H,7-20H2,1-2H3. The minimum Gasteiger partial charge on any atom is -0.343 e. The SMILES string of the molecule is CC(=O)N1CCC(C(=O)N2CCC(N3CCN(C(=O)c4c(N5CCN(C)C5=O)sc5ccccc45)CC3)CC2)CC1. The second kappa shape index (κ2) is 11.6. The van der Waals surface area contributed by atoms with Crippen LogP contribution in [0.25, 0.3) is 10.1 Å². The summed E-state index contributed by atoms with van der Waals surface area (Å²) in [5, 5.41) is 1.68. The summed E-state index contributed by atoms with van der Waals surface area (Å²) in [5.41, 5.74) is 0.656. The van der Waals surface area contributed by atoms with Crippen LogP contribution in [0.1, 0.15) is 43.0 Å². The lowest BCUT2D eigenvalue weighted by Gasteiger charge is -2.43. The van der Waals surface area contributed by atoms with Crippen molar-refractivity contribution in [2.24, 2.45) is 5.92 Å². The molecule has 0 spiro atoms. The molecule has 1 aromatic carbocycles. The van der Waals surface area contributed by atoms with E-state index in [1.54, 1.807) is 23.8 Å². The molecule has 0 unspecified atom stereocenters. The number of fused-ring (bicyclic) bond motifs is 1. The maximum absolute atomic E-state index is 13.9. The van der Waals surface area contributed by atoms with Crippen molar-refractivity contribution in [3.8, 4) is 0 Å². The molecule has 41 heavy (non-hydrogen) atoms. The fourth-order valence-corrected chi connectivity index (χ4v) is 8.08. The van der Waals surface area contributed by atoms with Gasteiger partial charge in [0.05, 0.1) is 5.56 Å². The van der Waals surface area contributed by atoms with Crippen LogP contribution in [0.2, 0.25) is 0 Å². The number of nitrogens with zero attached hydrogens (tertiary/aromatic N) is 6. The number of thiophene rings is 1.